The molecule has 0 radical (unpaired) electrons. The van der Waals surface area contributed by atoms with E-state index in [2.05, 4.69) is 0 Å². The highest BCUT2D eigenvalue weighted by atomic mass is 35.5. The zero-order valence-corrected chi connectivity index (χ0v) is 12.2. The fourth-order valence-corrected chi connectivity index (χ4v) is 2.04. The summed E-state index contributed by atoms with van der Waals surface area (Å²) in [5, 5.41) is 0. The number of nitrogens with zero attached hydrogens (tertiary/aromatic N) is 2. The highest BCUT2D eigenvalue weighted by Gasteiger charge is 2.32. The number of alkyl halides is 1. The Labute approximate surface area is 113 Å². The predicted molar refractivity (Wildman–Crippen MR) is 69.7 cm³/mol. The van der Waals surface area contributed by atoms with Gasteiger partial charge in [-0.2, -0.15) is 0 Å². The number of hydrogen-bond donors (Lipinski definition) is 0. The van der Waals surface area contributed by atoms with Gasteiger partial charge in [-0.05, 0) is 27.2 Å². The van der Waals surface area contributed by atoms with Crippen LogP contribution in [0.1, 0.15) is 27.2 Å². The molecule has 0 unspecified atom stereocenters. The Kier molecular flexibility index (Phi) is 4.85. The van der Waals surface area contributed by atoms with E-state index in [1.807, 2.05) is 20.8 Å². The maximum absolute atomic E-state index is 11.8. The first-order valence-electron chi connectivity index (χ1n) is 6.04. The van der Waals surface area contributed by atoms with E-state index in [0.29, 0.717) is 13.1 Å². The summed E-state index contributed by atoms with van der Waals surface area (Å²) in [4.78, 5) is 26.5. The summed E-state index contributed by atoms with van der Waals surface area (Å²) in [6, 6.07) is 0.0313. The lowest BCUT2D eigenvalue weighted by Crippen LogP contribution is -2.41. The van der Waals surface area contributed by atoms with E-state index in [4.69, 9.17) is 16.3 Å². The average Bonchev–Trinajstić information content (AvgIpc) is 2.73. The second kappa shape index (κ2) is 5.78. The standard InChI is InChI=1S/C12H21ClN2O3/c1-12(2,3)18-11(17)15-6-5-9(8-15)14(4)10(16)7-13/h9H,5-8H2,1-4H3/t9-/m1/s1. The predicted octanol–water partition coefficient (Wildman–Crippen LogP) is 1.69. The van der Waals surface area contributed by atoms with Crippen LogP contribution in [0.15, 0.2) is 0 Å². The Balaban J connectivity index is 2.51. The topological polar surface area (TPSA) is 49.9 Å². The molecule has 0 spiro atoms. The van der Waals surface area contributed by atoms with Crippen molar-refractivity contribution in [1.82, 2.24) is 9.80 Å². The molecule has 1 atom stereocenters. The Bertz CT molecular complexity index is 328. The molecule has 0 aromatic carbocycles. The van der Waals surface area contributed by atoms with Crippen molar-refractivity contribution >= 4 is 23.6 Å². The maximum atomic E-state index is 11.8. The van der Waals surface area contributed by atoms with Crippen molar-refractivity contribution < 1.29 is 14.3 Å². The van der Waals surface area contributed by atoms with Crippen LogP contribution in [0.4, 0.5) is 4.79 Å². The number of hydrogen-bond acceptors (Lipinski definition) is 3. The molecule has 6 heteroatoms. The molecule has 0 aliphatic carbocycles. The van der Waals surface area contributed by atoms with Crippen LogP contribution in [-0.2, 0) is 9.53 Å². The van der Waals surface area contributed by atoms with Gasteiger partial charge in [-0.15, -0.1) is 11.6 Å². The molecule has 5 nitrogen and oxygen atoms in total. The van der Waals surface area contributed by atoms with Crippen LogP contribution in [0, 0.1) is 0 Å². The van der Waals surface area contributed by atoms with Crippen LogP contribution in [0.25, 0.3) is 0 Å². The molecule has 1 saturated heterocycles. The van der Waals surface area contributed by atoms with Crippen LogP contribution in [0.2, 0.25) is 0 Å². The van der Waals surface area contributed by atoms with Gasteiger partial charge in [-0.3, -0.25) is 4.79 Å². The van der Waals surface area contributed by atoms with Crippen LogP contribution in [0.3, 0.4) is 0 Å². The minimum atomic E-state index is -0.493. The fourth-order valence-electron chi connectivity index (χ4n) is 1.85. The molecule has 104 valence electrons. The van der Waals surface area contributed by atoms with Crippen molar-refractivity contribution in [2.24, 2.45) is 0 Å². The second-order valence-corrected chi connectivity index (χ2v) is 5.77. The first kappa shape index (κ1) is 15.1. The number of likely N-dealkylation sites (tertiary alicyclic amines) is 1. The third kappa shape index (κ3) is 4.05. The number of halogens is 1. The summed E-state index contributed by atoms with van der Waals surface area (Å²) >= 11 is 5.51. The summed E-state index contributed by atoms with van der Waals surface area (Å²) in [5.74, 6) is -0.146. The van der Waals surface area contributed by atoms with E-state index >= 15 is 0 Å². The Morgan fingerprint density at radius 2 is 2.06 bits per heavy atom. The molecule has 0 N–H and O–H groups in total. The van der Waals surface area contributed by atoms with Crippen molar-refractivity contribution in [3.05, 3.63) is 0 Å². The number of amides is 2. The van der Waals surface area contributed by atoms with E-state index < -0.39 is 5.60 Å². The summed E-state index contributed by atoms with van der Waals surface area (Å²) < 4.78 is 5.29. The van der Waals surface area contributed by atoms with Crippen LogP contribution < -0.4 is 0 Å². The third-order valence-electron chi connectivity index (χ3n) is 2.87. The van der Waals surface area contributed by atoms with Crippen molar-refractivity contribution in [3.8, 4) is 0 Å². The SMILES string of the molecule is CN(C(=O)CCl)[C@@H]1CCN(C(=O)OC(C)(C)C)C1. The summed E-state index contributed by atoms with van der Waals surface area (Å²) in [5.41, 5.74) is -0.493. The van der Waals surface area contributed by atoms with E-state index in [0.717, 1.165) is 6.42 Å². The smallest absolute Gasteiger partial charge is 0.410 e. The van der Waals surface area contributed by atoms with Gasteiger partial charge in [-0.25, -0.2) is 4.79 Å². The van der Waals surface area contributed by atoms with Gasteiger partial charge in [0.05, 0.1) is 6.04 Å². The normalized spacial score (nSPS) is 19.8. The molecule has 1 rings (SSSR count). The molecule has 0 aromatic heterocycles. The number of carbonyl (C=O) groups excluding carboxylic acids is 2. The first-order valence-corrected chi connectivity index (χ1v) is 6.57. The minimum absolute atomic E-state index is 0.0283. The molecule has 1 aliphatic heterocycles. The summed E-state index contributed by atoms with van der Waals surface area (Å²) in [7, 11) is 1.72. The zero-order valence-electron chi connectivity index (χ0n) is 11.4. The molecule has 0 bridgehead atoms. The molecule has 2 amide bonds. The fraction of sp³-hybridized carbons (Fsp3) is 0.833. The van der Waals surface area contributed by atoms with Gasteiger partial charge in [0.2, 0.25) is 5.91 Å². The van der Waals surface area contributed by atoms with Gasteiger partial charge < -0.3 is 14.5 Å². The Morgan fingerprint density at radius 3 is 2.56 bits per heavy atom. The number of ether oxygens (including phenoxy) is 1. The third-order valence-corrected chi connectivity index (χ3v) is 3.10. The van der Waals surface area contributed by atoms with Gasteiger partial charge in [0.15, 0.2) is 0 Å². The van der Waals surface area contributed by atoms with Crippen LogP contribution in [0.5, 0.6) is 0 Å². The Hall–Kier alpha value is -0.970. The lowest BCUT2D eigenvalue weighted by Gasteiger charge is -2.26. The van der Waals surface area contributed by atoms with E-state index in [1.165, 1.54) is 0 Å². The van der Waals surface area contributed by atoms with Crippen LogP contribution >= 0.6 is 11.6 Å². The first-order chi connectivity index (χ1) is 8.24. The molecule has 0 aromatic rings. The highest BCUT2D eigenvalue weighted by Crippen LogP contribution is 2.18. The molecular weight excluding hydrogens is 256 g/mol. The summed E-state index contributed by atoms with van der Waals surface area (Å²) in [6.07, 6.45) is 0.440. The Morgan fingerprint density at radius 1 is 1.44 bits per heavy atom. The monoisotopic (exact) mass is 276 g/mol. The number of likely N-dealkylation sites (N-methyl/N-ethyl adjacent to an activating group) is 1. The van der Waals surface area contributed by atoms with Gasteiger partial charge in [0, 0.05) is 20.1 Å². The molecule has 18 heavy (non-hydrogen) atoms. The maximum Gasteiger partial charge on any atom is 0.410 e. The second-order valence-electron chi connectivity index (χ2n) is 5.51. The molecule has 0 saturated carbocycles. The van der Waals surface area contributed by atoms with Crippen molar-refractivity contribution in [1.29, 1.82) is 0 Å². The van der Waals surface area contributed by atoms with Crippen LogP contribution in [-0.4, -0.2) is 59.5 Å². The lowest BCUT2D eigenvalue weighted by molar-refractivity contribution is -0.129. The van der Waals surface area contributed by atoms with Crippen molar-refractivity contribution in [2.45, 2.75) is 38.8 Å². The number of rotatable bonds is 2. The summed E-state index contributed by atoms with van der Waals surface area (Å²) in [6.45, 7) is 6.62. The lowest BCUT2D eigenvalue weighted by atomic mass is 10.2. The highest BCUT2D eigenvalue weighted by molar-refractivity contribution is 6.27. The van der Waals surface area contributed by atoms with Gasteiger partial charge in [0.1, 0.15) is 11.5 Å². The van der Waals surface area contributed by atoms with Gasteiger partial charge in [0.25, 0.3) is 0 Å². The molecule has 1 fully saturated rings. The minimum Gasteiger partial charge on any atom is -0.444 e. The van der Waals surface area contributed by atoms with E-state index in [-0.39, 0.29) is 23.9 Å². The van der Waals surface area contributed by atoms with Gasteiger partial charge >= 0.3 is 6.09 Å². The van der Waals surface area contributed by atoms with Crippen molar-refractivity contribution in [2.75, 3.05) is 26.0 Å². The van der Waals surface area contributed by atoms with E-state index in [9.17, 15) is 9.59 Å². The average molecular weight is 277 g/mol. The quantitative estimate of drug-likeness (QED) is 0.721. The van der Waals surface area contributed by atoms with Gasteiger partial charge in [-0.1, -0.05) is 0 Å². The zero-order chi connectivity index (χ0) is 13.9. The largest absolute Gasteiger partial charge is 0.444 e. The van der Waals surface area contributed by atoms with E-state index in [1.54, 1.807) is 16.8 Å². The molecular formula is C12H21ClN2O3. The molecule has 1 heterocycles. The molecule has 1 aliphatic rings. The number of carbonyl (C=O) groups is 2. The van der Waals surface area contributed by atoms with Crippen molar-refractivity contribution in [3.63, 3.8) is 0 Å².